The van der Waals surface area contributed by atoms with Crippen LogP contribution in [0.15, 0.2) is 24.3 Å². The van der Waals surface area contributed by atoms with E-state index < -0.39 is 28.8 Å². The number of amides is 1. The minimum Gasteiger partial charge on any atom is -0.481 e. The highest BCUT2D eigenvalue weighted by atomic mass is 16.6. The molecule has 1 unspecified atom stereocenters. The Morgan fingerprint density at radius 2 is 1.90 bits per heavy atom. The zero-order valence-electron chi connectivity index (χ0n) is 11.4. The van der Waals surface area contributed by atoms with Gasteiger partial charge in [0.1, 0.15) is 0 Å². The molecule has 0 aliphatic heterocycles. The summed E-state index contributed by atoms with van der Waals surface area (Å²) in [7, 11) is 0. The van der Waals surface area contributed by atoms with Gasteiger partial charge in [0.2, 0.25) is 5.91 Å². The lowest BCUT2D eigenvalue weighted by Gasteiger charge is -2.21. The number of carboxylic acid groups (broad SMARTS) is 1. The predicted molar refractivity (Wildman–Crippen MR) is 72.7 cm³/mol. The molecule has 1 aromatic carbocycles. The lowest BCUT2D eigenvalue weighted by Crippen LogP contribution is -2.42. The van der Waals surface area contributed by atoms with Crippen LogP contribution in [0.1, 0.15) is 18.9 Å². The number of carbonyl (C=O) groups excluding carboxylic acids is 1. The maximum atomic E-state index is 11.7. The summed E-state index contributed by atoms with van der Waals surface area (Å²) >= 11 is 0. The Labute approximate surface area is 120 Å². The molecule has 21 heavy (non-hydrogen) atoms. The molecule has 3 N–H and O–H groups in total. The van der Waals surface area contributed by atoms with Crippen molar-refractivity contribution in [2.24, 2.45) is 0 Å². The van der Waals surface area contributed by atoms with Gasteiger partial charge in [-0.25, -0.2) is 0 Å². The molecule has 0 saturated carbocycles. The van der Waals surface area contributed by atoms with Crippen LogP contribution < -0.4 is 5.32 Å². The minimum atomic E-state index is -1.53. The fourth-order valence-corrected chi connectivity index (χ4v) is 1.66. The zero-order valence-corrected chi connectivity index (χ0v) is 11.4. The molecule has 1 aromatic rings. The average molecular weight is 296 g/mol. The molecule has 1 amide bonds. The normalized spacial score (nSPS) is 13.2. The van der Waals surface area contributed by atoms with Crippen molar-refractivity contribution >= 4 is 17.6 Å². The van der Waals surface area contributed by atoms with Gasteiger partial charge in [-0.15, -0.1) is 0 Å². The largest absolute Gasteiger partial charge is 0.481 e. The van der Waals surface area contributed by atoms with E-state index in [1.54, 1.807) is 0 Å². The Hall–Kier alpha value is -2.48. The Morgan fingerprint density at radius 3 is 2.38 bits per heavy atom. The van der Waals surface area contributed by atoms with Crippen LogP contribution in [-0.4, -0.2) is 39.2 Å². The van der Waals surface area contributed by atoms with E-state index in [9.17, 15) is 24.8 Å². The first-order valence-corrected chi connectivity index (χ1v) is 6.14. The molecule has 0 saturated heterocycles. The van der Waals surface area contributed by atoms with Gasteiger partial charge in [-0.2, -0.15) is 0 Å². The number of nitrogens with zero attached hydrogens (tertiary/aromatic N) is 1. The summed E-state index contributed by atoms with van der Waals surface area (Å²) in [6, 6.07) is 5.52. The maximum Gasteiger partial charge on any atom is 0.306 e. The summed E-state index contributed by atoms with van der Waals surface area (Å²) in [5, 5.41) is 31.2. The number of hydrogen-bond acceptors (Lipinski definition) is 5. The van der Waals surface area contributed by atoms with E-state index in [1.807, 2.05) is 0 Å². The Balaban J connectivity index is 2.50. The second kappa shape index (κ2) is 6.80. The number of rotatable bonds is 7. The van der Waals surface area contributed by atoms with Gasteiger partial charge in [0.15, 0.2) is 0 Å². The van der Waals surface area contributed by atoms with Gasteiger partial charge in [0.25, 0.3) is 5.69 Å². The van der Waals surface area contributed by atoms with Crippen LogP contribution in [0, 0.1) is 10.1 Å². The summed E-state index contributed by atoms with van der Waals surface area (Å²) in [6.07, 6.45) is -0.494. The Bertz CT molecular complexity index is 538. The number of non-ortho nitro benzene ring substituents is 1. The van der Waals surface area contributed by atoms with E-state index in [0.717, 1.165) is 0 Å². The fraction of sp³-hybridized carbons (Fsp3) is 0.385. The van der Waals surface area contributed by atoms with Crippen molar-refractivity contribution in [2.45, 2.75) is 25.4 Å². The second-order valence-electron chi connectivity index (χ2n) is 4.94. The second-order valence-corrected chi connectivity index (χ2v) is 4.94. The van der Waals surface area contributed by atoms with E-state index >= 15 is 0 Å². The average Bonchev–Trinajstić information content (AvgIpc) is 2.36. The van der Waals surface area contributed by atoms with Gasteiger partial charge >= 0.3 is 5.97 Å². The standard InChI is InChI=1S/C13H16N2O6/c1-13(19,7-12(17)18)8-14-11(16)6-9-2-4-10(5-3-9)15(20)21/h2-5,19H,6-8H2,1H3,(H,14,16)(H,17,18). The zero-order chi connectivity index (χ0) is 16.0. The lowest BCUT2D eigenvalue weighted by atomic mass is 10.0. The summed E-state index contributed by atoms with van der Waals surface area (Å²) in [4.78, 5) is 32.1. The summed E-state index contributed by atoms with van der Waals surface area (Å²) in [5.41, 5.74) is -1.02. The molecule has 0 heterocycles. The van der Waals surface area contributed by atoms with Crippen LogP contribution in [-0.2, 0) is 16.0 Å². The number of aliphatic carboxylic acids is 1. The summed E-state index contributed by atoms with van der Waals surface area (Å²) < 4.78 is 0. The van der Waals surface area contributed by atoms with Crippen LogP contribution in [0.3, 0.4) is 0 Å². The number of hydrogen-bond donors (Lipinski definition) is 3. The molecule has 0 spiro atoms. The third kappa shape index (κ3) is 6.00. The molecule has 0 radical (unpaired) electrons. The topological polar surface area (TPSA) is 130 Å². The molecule has 8 nitrogen and oxygen atoms in total. The number of carbonyl (C=O) groups is 2. The van der Waals surface area contributed by atoms with Gasteiger partial charge in [-0.3, -0.25) is 19.7 Å². The molecule has 114 valence electrons. The van der Waals surface area contributed by atoms with E-state index in [0.29, 0.717) is 5.56 Å². The first-order chi connectivity index (χ1) is 9.69. The number of nitro groups is 1. The van der Waals surface area contributed by atoms with Gasteiger partial charge in [-0.05, 0) is 12.5 Å². The van der Waals surface area contributed by atoms with E-state index in [2.05, 4.69) is 5.32 Å². The molecule has 8 heteroatoms. The van der Waals surface area contributed by atoms with Crippen molar-refractivity contribution in [1.82, 2.24) is 5.32 Å². The predicted octanol–water partition coefficient (Wildman–Crippen LogP) is 0.479. The van der Waals surface area contributed by atoms with Crippen molar-refractivity contribution in [3.8, 4) is 0 Å². The van der Waals surface area contributed by atoms with E-state index in [4.69, 9.17) is 5.11 Å². The molecule has 1 rings (SSSR count). The number of nitro benzene ring substituents is 1. The van der Waals surface area contributed by atoms with Gasteiger partial charge in [-0.1, -0.05) is 12.1 Å². The van der Waals surface area contributed by atoms with Gasteiger partial charge in [0, 0.05) is 18.7 Å². The smallest absolute Gasteiger partial charge is 0.306 e. The molecular formula is C13H16N2O6. The third-order valence-electron chi connectivity index (χ3n) is 2.71. The SMILES string of the molecule is CC(O)(CNC(=O)Cc1ccc([N+](=O)[O-])cc1)CC(=O)O. The quantitative estimate of drug-likeness (QED) is 0.495. The van der Waals surface area contributed by atoms with Crippen molar-refractivity contribution < 1.29 is 24.7 Å². The summed E-state index contributed by atoms with van der Waals surface area (Å²) in [5.74, 6) is -1.57. The van der Waals surface area contributed by atoms with E-state index in [1.165, 1.54) is 31.2 Å². The Kier molecular flexibility index (Phi) is 5.37. The molecule has 1 atom stereocenters. The fourth-order valence-electron chi connectivity index (χ4n) is 1.66. The highest BCUT2D eigenvalue weighted by Crippen LogP contribution is 2.12. The van der Waals surface area contributed by atoms with Crippen LogP contribution >= 0.6 is 0 Å². The number of aliphatic hydroxyl groups is 1. The summed E-state index contributed by atoms with van der Waals surface area (Å²) in [6.45, 7) is 1.12. The highest BCUT2D eigenvalue weighted by molar-refractivity contribution is 5.78. The minimum absolute atomic E-state index is 0.0128. The van der Waals surface area contributed by atoms with Gasteiger partial charge < -0.3 is 15.5 Å². The molecule has 0 bridgehead atoms. The first kappa shape index (κ1) is 16.6. The van der Waals surface area contributed by atoms with E-state index in [-0.39, 0.29) is 18.7 Å². The number of carboxylic acids is 1. The number of benzene rings is 1. The van der Waals surface area contributed by atoms with Crippen LogP contribution in [0.4, 0.5) is 5.69 Å². The van der Waals surface area contributed by atoms with Crippen molar-refractivity contribution in [1.29, 1.82) is 0 Å². The lowest BCUT2D eigenvalue weighted by molar-refractivity contribution is -0.384. The molecule has 0 aromatic heterocycles. The van der Waals surface area contributed by atoms with Crippen molar-refractivity contribution in [3.63, 3.8) is 0 Å². The number of nitrogens with one attached hydrogen (secondary N) is 1. The molecule has 0 aliphatic carbocycles. The Morgan fingerprint density at radius 1 is 1.33 bits per heavy atom. The van der Waals surface area contributed by atoms with Crippen LogP contribution in [0.5, 0.6) is 0 Å². The molecule has 0 fully saturated rings. The molecular weight excluding hydrogens is 280 g/mol. The maximum absolute atomic E-state index is 11.7. The van der Waals surface area contributed by atoms with Crippen molar-refractivity contribution in [2.75, 3.05) is 6.54 Å². The molecule has 0 aliphatic rings. The van der Waals surface area contributed by atoms with Crippen molar-refractivity contribution in [3.05, 3.63) is 39.9 Å². The van der Waals surface area contributed by atoms with Crippen LogP contribution in [0.2, 0.25) is 0 Å². The highest BCUT2D eigenvalue weighted by Gasteiger charge is 2.24. The first-order valence-electron chi connectivity index (χ1n) is 6.14. The third-order valence-corrected chi connectivity index (χ3v) is 2.71. The van der Waals surface area contributed by atoms with Gasteiger partial charge in [0.05, 0.1) is 23.4 Å². The monoisotopic (exact) mass is 296 g/mol. The van der Waals surface area contributed by atoms with Crippen LogP contribution in [0.25, 0.3) is 0 Å².